The Morgan fingerprint density at radius 2 is 1.93 bits per heavy atom. The summed E-state index contributed by atoms with van der Waals surface area (Å²) in [6.07, 6.45) is 6.55. The van der Waals surface area contributed by atoms with Crippen LogP contribution in [0.1, 0.15) is 46.0 Å². The maximum atomic E-state index is 5.50. The van der Waals surface area contributed by atoms with Gasteiger partial charge in [0.15, 0.2) is 0 Å². The minimum Gasteiger partial charge on any atom is -0.330 e. The molecule has 0 aromatic carbocycles. The van der Waals surface area contributed by atoms with E-state index in [0.717, 1.165) is 6.54 Å². The Bertz CT molecular complexity index is 152. The van der Waals surface area contributed by atoms with Gasteiger partial charge in [-0.15, -0.1) is 0 Å². The molecular formula is C12H26N2. The van der Waals surface area contributed by atoms with Crippen LogP contribution >= 0.6 is 0 Å². The summed E-state index contributed by atoms with van der Waals surface area (Å²) < 4.78 is 0. The molecule has 1 fully saturated rings. The summed E-state index contributed by atoms with van der Waals surface area (Å²) in [4.78, 5) is 2.63. The van der Waals surface area contributed by atoms with E-state index >= 15 is 0 Å². The van der Waals surface area contributed by atoms with Crippen molar-refractivity contribution >= 4 is 0 Å². The highest BCUT2D eigenvalue weighted by Gasteiger charge is 2.34. The van der Waals surface area contributed by atoms with Crippen LogP contribution < -0.4 is 5.73 Å². The van der Waals surface area contributed by atoms with Crippen LogP contribution in [0.4, 0.5) is 0 Å². The van der Waals surface area contributed by atoms with Gasteiger partial charge in [0.2, 0.25) is 0 Å². The van der Waals surface area contributed by atoms with E-state index in [4.69, 9.17) is 5.73 Å². The summed E-state index contributed by atoms with van der Waals surface area (Å²) in [5.41, 5.74) is 6.14. The Hall–Kier alpha value is -0.0800. The molecule has 0 unspecified atom stereocenters. The van der Waals surface area contributed by atoms with Crippen molar-refractivity contribution in [2.75, 3.05) is 26.2 Å². The molecule has 2 heteroatoms. The first-order valence-corrected chi connectivity index (χ1v) is 6.19. The number of hydrogen-bond donors (Lipinski definition) is 1. The predicted molar refractivity (Wildman–Crippen MR) is 62.4 cm³/mol. The first kappa shape index (κ1) is 12.0. The van der Waals surface area contributed by atoms with Gasteiger partial charge >= 0.3 is 0 Å². The zero-order chi connectivity index (χ0) is 10.4. The summed E-state index contributed by atoms with van der Waals surface area (Å²) in [7, 11) is 0. The van der Waals surface area contributed by atoms with Gasteiger partial charge in [-0.1, -0.05) is 13.8 Å². The van der Waals surface area contributed by atoms with E-state index in [1.54, 1.807) is 0 Å². The van der Waals surface area contributed by atoms with Crippen LogP contribution in [0.5, 0.6) is 0 Å². The highest BCUT2D eigenvalue weighted by molar-refractivity contribution is 4.87. The van der Waals surface area contributed by atoms with Crippen molar-refractivity contribution in [1.82, 2.24) is 4.90 Å². The SMILES string of the molecule is CCC1(CC)CCN(CCCCN)C1. The normalized spacial score (nSPS) is 21.6. The van der Waals surface area contributed by atoms with Crippen molar-refractivity contribution in [1.29, 1.82) is 0 Å². The van der Waals surface area contributed by atoms with Crippen molar-refractivity contribution in [2.24, 2.45) is 11.1 Å². The number of likely N-dealkylation sites (tertiary alicyclic amines) is 1. The molecule has 1 saturated heterocycles. The fourth-order valence-electron chi connectivity index (χ4n) is 2.53. The van der Waals surface area contributed by atoms with E-state index in [1.165, 1.54) is 51.7 Å². The summed E-state index contributed by atoms with van der Waals surface area (Å²) in [6, 6.07) is 0. The standard InChI is InChI=1S/C12H26N2/c1-3-12(4-2)7-10-14(11-12)9-6-5-8-13/h3-11,13H2,1-2H3. The zero-order valence-corrected chi connectivity index (χ0v) is 9.89. The molecule has 0 saturated carbocycles. The third kappa shape index (κ3) is 2.96. The van der Waals surface area contributed by atoms with Gasteiger partial charge in [-0.2, -0.15) is 0 Å². The molecule has 1 aliphatic rings. The highest BCUT2D eigenvalue weighted by atomic mass is 15.2. The maximum absolute atomic E-state index is 5.50. The predicted octanol–water partition coefficient (Wildman–Crippen LogP) is 2.24. The fraction of sp³-hybridized carbons (Fsp3) is 1.00. The van der Waals surface area contributed by atoms with Crippen LogP contribution in [0, 0.1) is 5.41 Å². The molecule has 2 nitrogen and oxygen atoms in total. The van der Waals surface area contributed by atoms with Gasteiger partial charge in [-0.25, -0.2) is 0 Å². The van der Waals surface area contributed by atoms with Crippen molar-refractivity contribution in [3.8, 4) is 0 Å². The van der Waals surface area contributed by atoms with Gasteiger partial charge in [-0.3, -0.25) is 0 Å². The van der Waals surface area contributed by atoms with Crippen molar-refractivity contribution in [3.05, 3.63) is 0 Å². The highest BCUT2D eigenvalue weighted by Crippen LogP contribution is 2.36. The van der Waals surface area contributed by atoms with Crippen molar-refractivity contribution in [3.63, 3.8) is 0 Å². The van der Waals surface area contributed by atoms with Gasteiger partial charge in [0.1, 0.15) is 0 Å². The van der Waals surface area contributed by atoms with E-state index in [0.29, 0.717) is 5.41 Å². The van der Waals surface area contributed by atoms with E-state index in [9.17, 15) is 0 Å². The van der Waals surface area contributed by atoms with Crippen molar-refractivity contribution < 1.29 is 0 Å². The zero-order valence-electron chi connectivity index (χ0n) is 9.89. The fourth-order valence-corrected chi connectivity index (χ4v) is 2.53. The number of nitrogens with zero attached hydrogens (tertiary/aromatic N) is 1. The minimum absolute atomic E-state index is 0.642. The topological polar surface area (TPSA) is 29.3 Å². The number of unbranched alkanes of at least 4 members (excludes halogenated alkanes) is 1. The van der Waals surface area contributed by atoms with Crippen LogP contribution in [-0.2, 0) is 0 Å². The lowest BCUT2D eigenvalue weighted by Crippen LogP contribution is -2.27. The molecule has 0 aliphatic carbocycles. The Morgan fingerprint density at radius 1 is 1.21 bits per heavy atom. The molecule has 0 amide bonds. The lowest BCUT2D eigenvalue weighted by molar-refractivity contribution is 0.238. The van der Waals surface area contributed by atoms with E-state index < -0.39 is 0 Å². The van der Waals surface area contributed by atoms with Gasteiger partial charge in [0.05, 0.1) is 0 Å². The molecular weight excluding hydrogens is 172 g/mol. The lowest BCUT2D eigenvalue weighted by Gasteiger charge is -2.26. The number of rotatable bonds is 6. The van der Waals surface area contributed by atoms with Crippen LogP contribution in [0.2, 0.25) is 0 Å². The molecule has 1 aliphatic heterocycles. The Kier molecular flexibility index (Phi) is 4.90. The van der Waals surface area contributed by atoms with E-state index in [-0.39, 0.29) is 0 Å². The third-order valence-electron chi connectivity index (χ3n) is 3.95. The first-order valence-electron chi connectivity index (χ1n) is 6.19. The van der Waals surface area contributed by atoms with E-state index in [1.807, 2.05) is 0 Å². The smallest absolute Gasteiger partial charge is 0.00382 e. The van der Waals surface area contributed by atoms with Gasteiger partial charge in [0, 0.05) is 6.54 Å². The Morgan fingerprint density at radius 3 is 2.43 bits per heavy atom. The Labute approximate surface area is 88.8 Å². The lowest BCUT2D eigenvalue weighted by atomic mass is 9.82. The van der Waals surface area contributed by atoms with Crippen LogP contribution in [0.3, 0.4) is 0 Å². The Balaban J connectivity index is 2.25. The van der Waals surface area contributed by atoms with Crippen LogP contribution in [-0.4, -0.2) is 31.1 Å². The van der Waals surface area contributed by atoms with Gasteiger partial charge < -0.3 is 10.6 Å². The second-order valence-electron chi connectivity index (χ2n) is 4.73. The molecule has 14 heavy (non-hydrogen) atoms. The average molecular weight is 198 g/mol. The first-order chi connectivity index (χ1) is 6.76. The molecule has 2 N–H and O–H groups in total. The van der Waals surface area contributed by atoms with Crippen molar-refractivity contribution in [2.45, 2.75) is 46.0 Å². The second-order valence-corrected chi connectivity index (χ2v) is 4.73. The molecule has 0 bridgehead atoms. The summed E-state index contributed by atoms with van der Waals surface area (Å²) in [5, 5.41) is 0. The van der Waals surface area contributed by atoms with Crippen LogP contribution in [0.15, 0.2) is 0 Å². The minimum atomic E-state index is 0.642. The maximum Gasteiger partial charge on any atom is 0.00382 e. The monoisotopic (exact) mass is 198 g/mol. The molecule has 1 heterocycles. The largest absolute Gasteiger partial charge is 0.330 e. The van der Waals surface area contributed by atoms with Gasteiger partial charge in [0.25, 0.3) is 0 Å². The second kappa shape index (κ2) is 5.72. The summed E-state index contributed by atoms with van der Waals surface area (Å²) in [5.74, 6) is 0. The summed E-state index contributed by atoms with van der Waals surface area (Å²) >= 11 is 0. The molecule has 0 atom stereocenters. The molecule has 0 spiro atoms. The van der Waals surface area contributed by atoms with Gasteiger partial charge in [-0.05, 0) is 57.2 Å². The average Bonchev–Trinajstić information content (AvgIpc) is 2.63. The molecule has 0 radical (unpaired) electrons. The molecule has 0 aromatic heterocycles. The molecule has 1 rings (SSSR count). The third-order valence-corrected chi connectivity index (χ3v) is 3.95. The molecule has 84 valence electrons. The molecule has 0 aromatic rings. The number of hydrogen-bond acceptors (Lipinski definition) is 2. The quantitative estimate of drug-likeness (QED) is 0.663. The summed E-state index contributed by atoms with van der Waals surface area (Å²) in [6.45, 7) is 9.43. The van der Waals surface area contributed by atoms with E-state index in [2.05, 4.69) is 18.7 Å². The van der Waals surface area contributed by atoms with Crippen LogP contribution in [0.25, 0.3) is 0 Å². The number of nitrogens with two attached hydrogens (primary N) is 1.